The molecule has 0 radical (unpaired) electrons. The summed E-state index contributed by atoms with van der Waals surface area (Å²) in [5.74, 6) is -0.571. The molecule has 1 atom stereocenters. The fourth-order valence-corrected chi connectivity index (χ4v) is 5.03. The van der Waals surface area contributed by atoms with Gasteiger partial charge in [-0.3, -0.25) is 9.69 Å². The number of ether oxygens (including phenoxy) is 1. The van der Waals surface area contributed by atoms with Gasteiger partial charge in [0, 0.05) is 24.3 Å². The number of hydrogen-bond donors (Lipinski definition) is 2. The molecule has 31 heavy (non-hydrogen) atoms. The van der Waals surface area contributed by atoms with Crippen molar-refractivity contribution in [3.8, 4) is 0 Å². The molecule has 3 heterocycles. The first-order chi connectivity index (χ1) is 14.7. The minimum absolute atomic E-state index is 0.180. The summed E-state index contributed by atoms with van der Waals surface area (Å²) in [6, 6.07) is 3.30. The summed E-state index contributed by atoms with van der Waals surface area (Å²) in [5.41, 5.74) is 7.27. The summed E-state index contributed by atoms with van der Waals surface area (Å²) < 4.78 is 20.8. The molecular formula is C21H26ClFN4O3S. The molecule has 2 aliphatic heterocycles. The number of halogens is 2. The standard InChI is InChI=1S/C21H26ClFN4O3S/c1-21(24)6-8-26(9-7-21)16-3-2-13(10-15(16)23)27-12-14(30-20(27)29)11-25-19(28)17-4-5-18(22)31-17/h4-5,10,14H,2-3,6-9,11-12,24H2,1H3,(H,25,28). The maximum atomic E-state index is 14.9. The van der Waals surface area contributed by atoms with Crippen LogP contribution < -0.4 is 11.1 Å². The van der Waals surface area contributed by atoms with Crippen molar-refractivity contribution >= 4 is 34.9 Å². The van der Waals surface area contributed by atoms with E-state index in [-0.39, 0.29) is 30.4 Å². The number of nitrogens with zero attached hydrogens (tertiary/aromatic N) is 2. The van der Waals surface area contributed by atoms with Crippen molar-refractivity contribution in [3.63, 3.8) is 0 Å². The second-order valence-electron chi connectivity index (χ2n) is 8.50. The molecule has 0 aromatic carbocycles. The number of likely N-dealkylation sites (tertiary alicyclic amines) is 1. The maximum Gasteiger partial charge on any atom is 0.414 e. The Kier molecular flexibility index (Phi) is 6.27. The summed E-state index contributed by atoms with van der Waals surface area (Å²) in [5, 5.41) is 2.75. The first kappa shape index (κ1) is 22.1. The first-order valence-corrected chi connectivity index (χ1v) is 11.6. The Balaban J connectivity index is 1.35. The summed E-state index contributed by atoms with van der Waals surface area (Å²) >= 11 is 7.04. The van der Waals surface area contributed by atoms with E-state index < -0.39 is 12.2 Å². The zero-order valence-corrected chi connectivity index (χ0v) is 18.9. The Morgan fingerprint density at radius 2 is 2.13 bits per heavy atom. The van der Waals surface area contributed by atoms with E-state index in [1.165, 1.54) is 22.3 Å². The van der Waals surface area contributed by atoms with E-state index >= 15 is 0 Å². The Morgan fingerprint density at radius 3 is 2.77 bits per heavy atom. The van der Waals surface area contributed by atoms with E-state index in [1.807, 2.05) is 6.92 Å². The lowest BCUT2D eigenvalue weighted by Gasteiger charge is -2.40. The monoisotopic (exact) mass is 468 g/mol. The molecule has 1 unspecified atom stereocenters. The van der Waals surface area contributed by atoms with Crippen molar-refractivity contribution in [1.29, 1.82) is 0 Å². The van der Waals surface area contributed by atoms with E-state index in [0.29, 0.717) is 33.4 Å². The molecule has 4 rings (SSSR count). The molecule has 7 nitrogen and oxygen atoms in total. The average molecular weight is 469 g/mol. The highest BCUT2D eigenvalue weighted by Crippen LogP contribution is 2.33. The van der Waals surface area contributed by atoms with Crippen molar-refractivity contribution in [2.45, 2.75) is 44.2 Å². The Labute approximate surface area is 189 Å². The normalized spacial score (nSPS) is 23.7. The number of allylic oxidation sites excluding steroid dienone is 4. The molecule has 2 saturated heterocycles. The lowest BCUT2D eigenvalue weighted by atomic mass is 9.90. The molecule has 10 heteroatoms. The van der Waals surface area contributed by atoms with Crippen LogP contribution in [0.4, 0.5) is 9.18 Å². The third-order valence-corrected chi connectivity index (χ3v) is 7.21. The van der Waals surface area contributed by atoms with Gasteiger partial charge in [-0.2, -0.15) is 0 Å². The number of carbonyl (C=O) groups is 2. The lowest BCUT2D eigenvalue weighted by Crippen LogP contribution is -2.48. The predicted molar refractivity (Wildman–Crippen MR) is 117 cm³/mol. The predicted octanol–water partition coefficient (Wildman–Crippen LogP) is 3.62. The molecule has 1 aromatic heterocycles. The van der Waals surface area contributed by atoms with Gasteiger partial charge in [-0.25, -0.2) is 9.18 Å². The number of nitrogens with one attached hydrogen (secondary N) is 1. The maximum absolute atomic E-state index is 14.9. The van der Waals surface area contributed by atoms with Crippen molar-refractivity contribution in [2.75, 3.05) is 26.2 Å². The third-order valence-electron chi connectivity index (χ3n) is 5.98. The summed E-state index contributed by atoms with van der Waals surface area (Å²) in [7, 11) is 0. The molecule has 0 saturated carbocycles. The van der Waals surface area contributed by atoms with Crippen LogP contribution in [-0.2, 0) is 4.74 Å². The molecule has 0 spiro atoms. The highest BCUT2D eigenvalue weighted by atomic mass is 35.5. The van der Waals surface area contributed by atoms with Gasteiger partial charge in [-0.1, -0.05) is 11.6 Å². The van der Waals surface area contributed by atoms with Crippen LogP contribution in [0.5, 0.6) is 0 Å². The van der Waals surface area contributed by atoms with E-state index in [0.717, 1.165) is 25.9 Å². The summed E-state index contributed by atoms with van der Waals surface area (Å²) in [6.45, 7) is 3.96. The average Bonchev–Trinajstić information content (AvgIpc) is 3.32. The van der Waals surface area contributed by atoms with Crippen molar-refractivity contribution < 1.29 is 18.7 Å². The minimum atomic E-state index is -0.516. The third kappa shape index (κ3) is 5.05. The second kappa shape index (κ2) is 8.80. The molecular weight excluding hydrogens is 443 g/mol. The molecule has 2 fully saturated rings. The fourth-order valence-electron chi connectivity index (χ4n) is 4.07. The number of piperidine rings is 1. The van der Waals surface area contributed by atoms with Crippen LogP contribution in [-0.4, -0.2) is 59.6 Å². The number of rotatable bonds is 5. The molecule has 1 aromatic rings. The van der Waals surface area contributed by atoms with Gasteiger partial charge in [0.05, 0.1) is 28.0 Å². The van der Waals surface area contributed by atoms with Gasteiger partial charge in [0.2, 0.25) is 0 Å². The van der Waals surface area contributed by atoms with E-state index in [9.17, 15) is 14.0 Å². The van der Waals surface area contributed by atoms with Crippen LogP contribution in [0.2, 0.25) is 4.34 Å². The van der Waals surface area contributed by atoms with Crippen LogP contribution in [0.25, 0.3) is 0 Å². The first-order valence-electron chi connectivity index (χ1n) is 10.4. The SMILES string of the molecule is CC1(N)CCN(C2=C(F)C=C(N3CC(CNC(=O)c4ccc(Cl)s4)OC3=O)CC2)CC1. The zero-order valence-electron chi connectivity index (χ0n) is 17.3. The van der Waals surface area contributed by atoms with E-state index in [4.69, 9.17) is 22.1 Å². The highest BCUT2D eigenvalue weighted by Gasteiger charge is 2.36. The quantitative estimate of drug-likeness (QED) is 0.689. The van der Waals surface area contributed by atoms with Crippen LogP contribution in [0, 0.1) is 0 Å². The van der Waals surface area contributed by atoms with Gasteiger partial charge in [-0.15, -0.1) is 11.3 Å². The molecule has 1 aliphatic carbocycles. The van der Waals surface area contributed by atoms with Gasteiger partial charge < -0.3 is 20.7 Å². The second-order valence-corrected chi connectivity index (χ2v) is 10.2. The van der Waals surface area contributed by atoms with Gasteiger partial charge in [0.1, 0.15) is 11.9 Å². The minimum Gasteiger partial charge on any atom is -0.442 e. The topological polar surface area (TPSA) is 87.9 Å². The van der Waals surface area contributed by atoms with Crippen molar-refractivity contribution in [2.24, 2.45) is 5.73 Å². The summed E-state index contributed by atoms with van der Waals surface area (Å²) in [4.78, 5) is 28.5. The van der Waals surface area contributed by atoms with Crippen LogP contribution >= 0.6 is 22.9 Å². The van der Waals surface area contributed by atoms with Crippen molar-refractivity contribution in [1.82, 2.24) is 15.1 Å². The largest absolute Gasteiger partial charge is 0.442 e. The van der Waals surface area contributed by atoms with Gasteiger partial charge in [-0.05, 0) is 50.8 Å². The van der Waals surface area contributed by atoms with Crippen molar-refractivity contribution in [3.05, 3.63) is 44.6 Å². The fraction of sp³-hybridized carbons (Fsp3) is 0.524. The smallest absolute Gasteiger partial charge is 0.414 e. The number of nitrogens with two attached hydrogens (primary N) is 1. The number of thiophene rings is 1. The molecule has 168 valence electrons. The van der Waals surface area contributed by atoms with Gasteiger partial charge >= 0.3 is 6.09 Å². The number of hydrogen-bond acceptors (Lipinski definition) is 6. The van der Waals surface area contributed by atoms with E-state index in [1.54, 1.807) is 12.1 Å². The van der Waals surface area contributed by atoms with Gasteiger partial charge in [0.25, 0.3) is 5.91 Å². The Bertz CT molecular complexity index is 935. The molecule has 3 N–H and O–H groups in total. The number of cyclic esters (lactones) is 1. The van der Waals surface area contributed by atoms with Crippen LogP contribution in [0.15, 0.2) is 35.4 Å². The zero-order chi connectivity index (χ0) is 22.2. The summed E-state index contributed by atoms with van der Waals surface area (Å²) in [6.07, 6.45) is 3.16. The van der Waals surface area contributed by atoms with Crippen LogP contribution in [0.1, 0.15) is 42.3 Å². The molecule has 3 aliphatic rings. The number of amides is 2. The Morgan fingerprint density at radius 1 is 1.39 bits per heavy atom. The molecule has 2 amide bonds. The van der Waals surface area contributed by atoms with Gasteiger partial charge in [0.15, 0.2) is 0 Å². The highest BCUT2D eigenvalue weighted by molar-refractivity contribution is 7.17. The lowest BCUT2D eigenvalue weighted by molar-refractivity contribution is 0.0919. The number of carbonyl (C=O) groups excluding carboxylic acids is 2. The Hall–Kier alpha value is -2.10. The van der Waals surface area contributed by atoms with Crippen LogP contribution in [0.3, 0.4) is 0 Å². The molecule has 0 bridgehead atoms. The van der Waals surface area contributed by atoms with E-state index in [2.05, 4.69) is 10.2 Å².